The molecule has 0 aliphatic carbocycles. The molecule has 3 N–H and O–H groups in total. The van der Waals surface area contributed by atoms with Crippen molar-refractivity contribution in [3.63, 3.8) is 0 Å². The van der Waals surface area contributed by atoms with E-state index < -0.39 is 12.0 Å². The molecule has 1 aliphatic rings. The standard InChI is InChI=1S/C11H20N2O3/c1-11(2,3)9(12)10(16)13-5-7(6-13)4-8(14)15/h7,9H,4-6,12H2,1-3H3,(H,14,15). The van der Waals surface area contributed by atoms with Crippen LogP contribution in [0.2, 0.25) is 0 Å². The van der Waals surface area contributed by atoms with Crippen LogP contribution in [0.4, 0.5) is 0 Å². The zero-order valence-electron chi connectivity index (χ0n) is 10.1. The lowest BCUT2D eigenvalue weighted by atomic mass is 9.85. The molecule has 0 spiro atoms. The second-order valence-electron chi connectivity index (χ2n) is 5.55. The zero-order valence-corrected chi connectivity index (χ0v) is 10.1. The molecule has 5 nitrogen and oxygen atoms in total. The van der Waals surface area contributed by atoms with Gasteiger partial charge < -0.3 is 15.7 Å². The first-order valence-electron chi connectivity index (χ1n) is 5.48. The van der Waals surface area contributed by atoms with Crippen molar-refractivity contribution >= 4 is 11.9 Å². The molecule has 92 valence electrons. The summed E-state index contributed by atoms with van der Waals surface area (Å²) in [6.45, 7) is 6.81. The van der Waals surface area contributed by atoms with Gasteiger partial charge in [-0.1, -0.05) is 20.8 Å². The van der Waals surface area contributed by atoms with E-state index >= 15 is 0 Å². The van der Waals surface area contributed by atoms with Crippen molar-refractivity contribution < 1.29 is 14.7 Å². The quantitative estimate of drug-likeness (QED) is 0.727. The molecule has 1 aliphatic heterocycles. The molecule has 1 unspecified atom stereocenters. The molecule has 0 radical (unpaired) electrons. The van der Waals surface area contributed by atoms with E-state index in [0.29, 0.717) is 13.1 Å². The van der Waals surface area contributed by atoms with Crippen molar-refractivity contribution in [1.29, 1.82) is 0 Å². The van der Waals surface area contributed by atoms with Gasteiger partial charge in [-0.15, -0.1) is 0 Å². The van der Waals surface area contributed by atoms with Gasteiger partial charge in [-0.2, -0.15) is 0 Å². The number of amides is 1. The second-order valence-corrected chi connectivity index (χ2v) is 5.55. The Bertz CT molecular complexity index is 290. The average molecular weight is 228 g/mol. The topological polar surface area (TPSA) is 83.6 Å². The van der Waals surface area contributed by atoms with Crippen LogP contribution < -0.4 is 5.73 Å². The predicted octanol–water partition coefficient (Wildman–Crippen LogP) is 0.293. The summed E-state index contributed by atoms with van der Waals surface area (Å²) >= 11 is 0. The van der Waals surface area contributed by atoms with Crippen molar-refractivity contribution in [2.45, 2.75) is 33.2 Å². The molecule has 1 rings (SSSR count). The molecule has 1 amide bonds. The minimum Gasteiger partial charge on any atom is -0.481 e. The highest BCUT2D eigenvalue weighted by Gasteiger charge is 2.37. The van der Waals surface area contributed by atoms with Gasteiger partial charge in [0, 0.05) is 19.0 Å². The summed E-state index contributed by atoms with van der Waals surface area (Å²) in [6, 6.07) is -0.515. The zero-order chi connectivity index (χ0) is 12.5. The number of aliphatic carboxylic acids is 1. The van der Waals surface area contributed by atoms with Crippen LogP contribution in [-0.2, 0) is 9.59 Å². The van der Waals surface area contributed by atoms with Gasteiger partial charge in [-0.05, 0) is 5.41 Å². The van der Waals surface area contributed by atoms with Crippen molar-refractivity contribution in [3.05, 3.63) is 0 Å². The van der Waals surface area contributed by atoms with Crippen molar-refractivity contribution in [3.8, 4) is 0 Å². The van der Waals surface area contributed by atoms with Gasteiger partial charge in [0.1, 0.15) is 0 Å². The molecular weight excluding hydrogens is 208 g/mol. The number of carboxylic acid groups (broad SMARTS) is 1. The number of rotatable bonds is 3. The van der Waals surface area contributed by atoms with Gasteiger partial charge in [0.2, 0.25) is 5.91 Å². The minimum atomic E-state index is -0.808. The van der Waals surface area contributed by atoms with Crippen molar-refractivity contribution in [2.75, 3.05) is 13.1 Å². The second kappa shape index (κ2) is 4.41. The van der Waals surface area contributed by atoms with E-state index in [1.54, 1.807) is 4.90 Å². The summed E-state index contributed by atoms with van der Waals surface area (Å²) in [6.07, 6.45) is 0.133. The molecule has 16 heavy (non-hydrogen) atoms. The highest BCUT2D eigenvalue weighted by Crippen LogP contribution is 2.24. The number of likely N-dealkylation sites (tertiary alicyclic amines) is 1. The predicted molar refractivity (Wildman–Crippen MR) is 59.8 cm³/mol. The molecule has 0 saturated carbocycles. The summed E-state index contributed by atoms with van der Waals surface area (Å²) in [5.41, 5.74) is 5.59. The monoisotopic (exact) mass is 228 g/mol. The fourth-order valence-electron chi connectivity index (χ4n) is 1.69. The van der Waals surface area contributed by atoms with Crippen LogP contribution >= 0.6 is 0 Å². The summed E-state index contributed by atoms with van der Waals surface area (Å²) in [5, 5.41) is 8.58. The Balaban J connectivity index is 2.40. The van der Waals surface area contributed by atoms with Crippen LogP contribution in [0.1, 0.15) is 27.2 Å². The Morgan fingerprint density at radius 1 is 1.44 bits per heavy atom. The first-order chi connectivity index (χ1) is 7.21. The van der Waals surface area contributed by atoms with E-state index in [1.165, 1.54) is 0 Å². The minimum absolute atomic E-state index is 0.0749. The Hall–Kier alpha value is -1.10. The normalized spacial score (nSPS) is 19.1. The van der Waals surface area contributed by atoms with Gasteiger partial charge in [0.25, 0.3) is 0 Å². The first-order valence-corrected chi connectivity index (χ1v) is 5.48. The summed E-state index contributed by atoms with van der Waals surface area (Å²) in [5.74, 6) is -0.792. The maximum absolute atomic E-state index is 11.9. The highest BCUT2D eigenvalue weighted by atomic mass is 16.4. The van der Waals surface area contributed by atoms with Gasteiger partial charge >= 0.3 is 5.97 Å². The van der Waals surface area contributed by atoms with E-state index in [-0.39, 0.29) is 23.7 Å². The molecule has 1 heterocycles. The number of hydrogen-bond donors (Lipinski definition) is 2. The molecule has 1 saturated heterocycles. The number of carbonyl (C=O) groups excluding carboxylic acids is 1. The fourth-order valence-corrected chi connectivity index (χ4v) is 1.69. The number of carbonyl (C=O) groups is 2. The molecule has 5 heteroatoms. The fraction of sp³-hybridized carbons (Fsp3) is 0.818. The number of hydrogen-bond acceptors (Lipinski definition) is 3. The highest BCUT2D eigenvalue weighted by molar-refractivity contribution is 5.83. The van der Waals surface area contributed by atoms with Crippen LogP contribution in [-0.4, -0.2) is 41.0 Å². The van der Waals surface area contributed by atoms with Crippen LogP contribution in [0.3, 0.4) is 0 Å². The summed E-state index contributed by atoms with van der Waals surface area (Å²) in [7, 11) is 0. The van der Waals surface area contributed by atoms with Gasteiger partial charge in [0.05, 0.1) is 12.5 Å². The third kappa shape index (κ3) is 2.95. The molecule has 0 aromatic carbocycles. The molecule has 0 aromatic heterocycles. The molecule has 0 bridgehead atoms. The van der Waals surface area contributed by atoms with Crippen LogP contribution in [0.15, 0.2) is 0 Å². The maximum atomic E-state index is 11.9. The van der Waals surface area contributed by atoms with E-state index in [9.17, 15) is 9.59 Å². The average Bonchev–Trinajstić information content (AvgIpc) is 2.06. The summed E-state index contributed by atoms with van der Waals surface area (Å²) < 4.78 is 0. The molecule has 1 fully saturated rings. The van der Waals surface area contributed by atoms with Gasteiger partial charge in [-0.25, -0.2) is 0 Å². The number of nitrogens with zero attached hydrogens (tertiary/aromatic N) is 1. The van der Waals surface area contributed by atoms with E-state index in [1.807, 2.05) is 20.8 Å². The first kappa shape index (κ1) is 13.0. The Kier molecular flexibility index (Phi) is 3.57. The van der Waals surface area contributed by atoms with Crippen LogP contribution in [0, 0.1) is 11.3 Å². The Morgan fingerprint density at radius 2 is 1.94 bits per heavy atom. The van der Waals surface area contributed by atoms with Gasteiger partial charge in [-0.3, -0.25) is 9.59 Å². The van der Waals surface area contributed by atoms with E-state index in [2.05, 4.69) is 0 Å². The Morgan fingerprint density at radius 3 is 2.31 bits per heavy atom. The third-order valence-corrected chi connectivity index (χ3v) is 2.93. The molecular formula is C11H20N2O3. The van der Waals surface area contributed by atoms with E-state index in [0.717, 1.165) is 0 Å². The molecule has 1 atom stereocenters. The molecule has 0 aromatic rings. The van der Waals surface area contributed by atoms with E-state index in [4.69, 9.17) is 10.8 Å². The van der Waals surface area contributed by atoms with Crippen LogP contribution in [0.25, 0.3) is 0 Å². The smallest absolute Gasteiger partial charge is 0.303 e. The van der Waals surface area contributed by atoms with Gasteiger partial charge in [0.15, 0.2) is 0 Å². The lowest BCUT2D eigenvalue weighted by Gasteiger charge is -2.42. The van der Waals surface area contributed by atoms with Crippen molar-refractivity contribution in [2.24, 2.45) is 17.1 Å². The number of carboxylic acids is 1. The largest absolute Gasteiger partial charge is 0.481 e. The Labute approximate surface area is 95.6 Å². The lowest BCUT2D eigenvalue weighted by molar-refractivity contribution is -0.147. The van der Waals surface area contributed by atoms with Crippen LogP contribution in [0.5, 0.6) is 0 Å². The third-order valence-electron chi connectivity index (χ3n) is 2.93. The number of nitrogens with two attached hydrogens (primary N) is 1. The van der Waals surface area contributed by atoms with Crippen molar-refractivity contribution in [1.82, 2.24) is 4.90 Å². The SMILES string of the molecule is CC(C)(C)C(N)C(=O)N1CC(CC(=O)O)C1. The summed E-state index contributed by atoms with van der Waals surface area (Å²) in [4.78, 5) is 23.9. The maximum Gasteiger partial charge on any atom is 0.303 e. The lowest BCUT2D eigenvalue weighted by Crippen LogP contribution is -2.58.